The van der Waals surface area contributed by atoms with E-state index >= 15 is 0 Å². The van der Waals surface area contributed by atoms with Gasteiger partial charge in [0.05, 0.1) is 11.0 Å². The highest BCUT2D eigenvalue weighted by Gasteiger charge is 2.15. The number of hydrogen-bond acceptors (Lipinski definition) is 0. The van der Waals surface area contributed by atoms with Gasteiger partial charge in [0.1, 0.15) is 0 Å². The normalized spacial score (nSPS) is 12.2. The summed E-state index contributed by atoms with van der Waals surface area (Å²) in [6.07, 6.45) is 0. The molecule has 0 unspecified atom stereocenters. The molecule has 0 aliphatic heterocycles. The molecule has 2 nitrogen and oxygen atoms in total. The summed E-state index contributed by atoms with van der Waals surface area (Å²) < 4.78 is 4.63. The Kier molecular flexibility index (Phi) is 2.51. The van der Waals surface area contributed by atoms with Crippen molar-refractivity contribution in [3.63, 3.8) is 0 Å². The largest absolute Gasteiger partial charge is 0.344 e. The smallest absolute Gasteiger partial charge is 0.0510 e. The van der Waals surface area contributed by atoms with Gasteiger partial charge in [-0.05, 0) is 35.0 Å². The summed E-state index contributed by atoms with van der Waals surface area (Å²) in [7, 11) is 4.34. The molecule has 2 heteroatoms. The Labute approximate surface area is 150 Å². The molecule has 0 fully saturated rings. The first kappa shape index (κ1) is 14.0. The Morgan fingerprint density at radius 2 is 1.19 bits per heavy atom. The molecule has 0 spiro atoms. The highest BCUT2D eigenvalue weighted by Crippen LogP contribution is 2.38. The third kappa shape index (κ3) is 1.57. The maximum Gasteiger partial charge on any atom is 0.0510 e. The van der Waals surface area contributed by atoms with Crippen LogP contribution in [0.3, 0.4) is 0 Å². The van der Waals surface area contributed by atoms with Crippen molar-refractivity contribution < 1.29 is 0 Å². The van der Waals surface area contributed by atoms with Crippen molar-refractivity contribution in [2.75, 3.05) is 0 Å². The van der Waals surface area contributed by atoms with Crippen LogP contribution in [0.25, 0.3) is 54.4 Å². The van der Waals surface area contributed by atoms with Crippen molar-refractivity contribution in [2.45, 2.75) is 0 Å². The minimum atomic E-state index is 1.28. The standard InChI is InChI=1S/C24H18N2/c1-25-20-10-6-5-9-17(20)18-13-19-23(14-22(18)25)26(2)21-12-11-15-7-3-4-8-16(15)24(19)21/h3-14H,1-2H3. The van der Waals surface area contributed by atoms with Gasteiger partial charge in [-0.25, -0.2) is 0 Å². The van der Waals surface area contributed by atoms with Gasteiger partial charge in [0.2, 0.25) is 0 Å². The zero-order valence-corrected chi connectivity index (χ0v) is 14.8. The minimum absolute atomic E-state index is 1.28. The molecule has 0 saturated heterocycles. The number of para-hydroxylation sites is 1. The number of aromatic nitrogens is 2. The van der Waals surface area contributed by atoms with Crippen LogP contribution >= 0.6 is 0 Å². The summed E-state index contributed by atoms with van der Waals surface area (Å²) in [5, 5.41) is 7.97. The van der Waals surface area contributed by atoms with Crippen molar-refractivity contribution in [1.29, 1.82) is 0 Å². The van der Waals surface area contributed by atoms with E-state index in [1.807, 2.05) is 0 Å². The Morgan fingerprint density at radius 3 is 2.08 bits per heavy atom. The van der Waals surface area contributed by atoms with Crippen LogP contribution in [0.15, 0.2) is 72.8 Å². The zero-order chi connectivity index (χ0) is 17.4. The first-order valence-corrected chi connectivity index (χ1v) is 9.01. The van der Waals surface area contributed by atoms with Gasteiger partial charge < -0.3 is 9.13 Å². The molecule has 2 aromatic heterocycles. The molecule has 0 amide bonds. The molecule has 0 radical (unpaired) electrons. The van der Waals surface area contributed by atoms with Crippen LogP contribution in [0.1, 0.15) is 0 Å². The van der Waals surface area contributed by atoms with Crippen LogP contribution in [0, 0.1) is 0 Å². The monoisotopic (exact) mass is 334 g/mol. The van der Waals surface area contributed by atoms with Crippen LogP contribution in [-0.4, -0.2) is 9.13 Å². The van der Waals surface area contributed by atoms with Crippen LogP contribution in [0.2, 0.25) is 0 Å². The number of aryl methyl sites for hydroxylation is 2. The molecular formula is C24H18N2. The molecule has 0 atom stereocenters. The molecule has 6 rings (SSSR count). The molecule has 2 heterocycles. The van der Waals surface area contributed by atoms with E-state index < -0.39 is 0 Å². The molecule has 0 saturated carbocycles. The maximum absolute atomic E-state index is 2.39. The summed E-state index contributed by atoms with van der Waals surface area (Å²) in [5.41, 5.74) is 5.15. The highest BCUT2D eigenvalue weighted by atomic mass is 15.0. The highest BCUT2D eigenvalue weighted by molar-refractivity contribution is 6.24. The van der Waals surface area contributed by atoms with E-state index in [1.165, 1.54) is 54.4 Å². The van der Waals surface area contributed by atoms with Gasteiger partial charge in [-0.3, -0.25) is 0 Å². The van der Waals surface area contributed by atoms with Gasteiger partial charge in [-0.15, -0.1) is 0 Å². The molecule has 124 valence electrons. The van der Waals surface area contributed by atoms with E-state index in [9.17, 15) is 0 Å². The molecule has 0 aliphatic rings. The molecule has 6 aromatic rings. The second-order valence-electron chi connectivity index (χ2n) is 7.20. The second kappa shape index (κ2) is 4.67. The number of nitrogens with zero attached hydrogens (tertiary/aromatic N) is 2. The molecular weight excluding hydrogens is 316 g/mol. The topological polar surface area (TPSA) is 9.86 Å². The summed E-state index contributed by atoms with van der Waals surface area (Å²) in [6, 6.07) is 26.6. The first-order valence-electron chi connectivity index (χ1n) is 9.01. The number of hydrogen-bond donors (Lipinski definition) is 0. The van der Waals surface area contributed by atoms with Crippen LogP contribution in [0.4, 0.5) is 0 Å². The summed E-state index contributed by atoms with van der Waals surface area (Å²) in [6.45, 7) is 0. The third-order valence-corrected chi connectivity index (χ3v) is 5.93. The van der Waals surface area contributed by atoms with Crippen molar-refractivity contribution in [2.24, 2.45) is 14.1 Å². The quantitative estimate of drug-likeness (QED) is 0.316. The van der Waals surface area contributed by atoms with E-state index in [4.69, 9.17) is 0 Å². The van der Waals surface area contributed by atoms with E-state index in [-0.39, 0.29) is 0 Å². The fourth-order valence-electron chi connectivity index (χ4n) is 4.62. The maximum atomic E-state index is 2.39. The van der Waals surface area contributed by atoms with Crippen LogP contribution in [0.5, 0.6) is 0 Å². The van der Waals surface area contributed by atoms with Crippen molar-refractivity contribution >= 4 is 54.4 Å². The average molecular weight is 334 g/mol. The Balaban J connectivity index is 1.93. The fraction of sp³-hybridized carbons (Fsp3) is 0.0833. The van der Waals surface area contributed by atoms with E-state index in [0.29, 0.717) is 0 Å². The Bertz CT molecular complexity index is 1500. The SMILES string of the molecule is Cn1c2ccccc2c2cc3c4c5ccccc5ccc4n(C)c3cc21. The van der Waals surface area contributed by atoms with E-state index in [2.05, 4.69) is 96.0 Å². The average Bonchev–Trinajstić information content (AvgIpc) is 3.13. The molecule has 4 aromatic carbocycles. The molecule has 0 N–H and O–H groups in total. The predicted octanol–water partition coefficient (Wildman–Crippen LogP) is 6.13. The Morgan fingerprint density at radius 1 is 0.500 bits per heavy atom. The lowest BCUT2D eigenvalue weighted by atomic mass is 10.0. The lowest BCUT2D eigenvalue weighted by molar-refractivity contribution is 1.00. The summed E-state index contributed by atoms with van der Waals surface area (Å²) in [4.78, 5) is 0. The van der Waals surface area contributed by atoms with E-state index in [0.717, 1.165) is 0 Å². The lowest BCUT2D eigenvalue weighted by Crippen LogP contribution is -1.89. The second-order valence-corrected chi connectivity index (χ2v) is 7.20. The van der Waals surface area contributed by atoms with E-state index in [1.54, 1.807) is 0 Å². The first-order chi connectivity index (χ1) is 12.7. The van der Waals surface area contributed by atoms with Gasteiger partial charge in [0.25, 0.3) is 0 Å². The van der Waals surface area contributed by atoms with Gasteiger partial charge in [0, 0.05) is 46.7 Å². The lowest BCUT2D eigenvalue weighted by Gasteiger charge is -2.01. The van der Waals surface area contributed by atoms with Gasteiger partial charge >= 0.3 is 0 Å². The molecule has 26 heavy (non-hydrogen) atoms. The van der Waals surface area contributed by atoms with Crippen molar-refractivity contribution in [3.05, 3.63) is 72.8 Å². The van der Waals surface area contributed by atoms with Crippen molar-refractivity contribution in [3.8, 4) is 0 Å². The van der Waals surface area contributed by atoms with Crippen LogP contribution < -0.4 is 0 Å². The molecule has 0 bridgehead atoms. The third-order valence-electron chi connectivity index (χ3n) is 5.93. The molecule has 0 aliphatic carbocycles. The Hall–Kier alpha value is -3.26. The minimum Gasteiger partial charge on any atom is -0.344 e. The summed E-state index contributed by atoms with van der Waals surface area (Å²) in [5.74, 6) is 0. The van der Waals surface area contributed by atoms with Gasteiger partial charge in [-0.2, -0.15) is 0 Å². The fourth-order valence-corrected chi connectivity index (χ4v) is 4.62. The van der Waals surface area contributed by atoms with Crippen molar-refractivity contribution in [1.82, 2.24) is 9.13 Å². The number of benzene rings is 4. The van der Waals surface area contributed by atoms with Gasteiger partial charge in [0.15, 0.2) is 0 Å². The number of fused-ring (bicyclic) bond motifs is 8. The van der Waals surface area contributed by atoms with Gasteiger partial charge in [-0.1, -0.05) is 48.5 Å². The van der Waals surface area contributed by atoms with Crippen LogP contribution in [-0.2, 0) is 14.1 Å². The summed E-state index contributed by atoms with van der Waals surface area (Å²) >= 11 is 0. The predicted molar refractivity (Wildman–Crippen MR) is 112 cm³/mol. The number of rotatable bonds is 0. The zero-order valence-electron chi connectivity index (χ0n) is 14.8.